The Labute approximate surface area is 142 Å². The number of hydrogen-bond acceptors (Lipinski definition) is 3. The number of anilines is 1. The van der Waals surface area contributed by atoms with Gasteiger partial charge in [-0.25, -0.2) is 0 Å². The fourth-order valence-electron chi connectivity index (χ4n) is 3.46. The maximum absolute atomic E-state index is 13.1. The van der Waals surface area contributed by atoms with Gasteiger partial charge in [-0.15, -0.1) is 0 Å². The lowest BCUT2D eigenvalue weighted by molar-refractivity contribution is -0.137. The van der Waals surface area contributed by atoms with Crippen LogP contribution in [0.5, 0.6) is 0 Å². The minimum Gasteiger partial charge on any atom is -0.391 e. The number of aliphatic hydroxyl groups excluding tert-OH is 1. The number of carbonyl (C=O) groups excluding carboxylic acids is 1. The Morgan fingerprint density at radius 3 is 2.74 bits per heavy atom. The Balaban J connectivity index is 1.79. The number of nitrogens with zero attached hydrogens (tertiary/aromatic N) is 1. The second-order valence-corrected chi connectivity index (χ2v) is 6.95. The Hall–Kier alpha value is -1.69. The lowest BCUT2D eigenvalue weighted by atomic mass is 9.91. The molecule has 0 saturated carbocycles. The predicted molar refractivity (Wildman–Crippen MR) is 90.0 cm³/mol. The molecule has 2 aromatic rings. The average molecular weight is 374 g/mol. The third-order valence-electron chi connectivity index (χ3n) is 4.50. The minimum absolute atomic E-state index is 0.0917. The van der Waals surface area contributed by atoms with Crippen LogP contribution in [0.3, 0.4) is 0 Å². The monoisotopic (exact) mass is 373 g/mol. The first kappa shape index (κ1) is 14.9. The van der Waals surface area contributed by atoms with Crippen molar-refractivity contribution < 1.29 is 14.6 Å². The molecule has 2 atom stereocenters. The number of rotatable bonds is 2. The second kappa shape index (κ2) is 5.44. The fourth-order valence-corrected chi connectivity index (χ4v) is 3.82. The highest BCUT2D eigenvalue weighted by Crippen LogP contribution is 2.49. The first-order chi connectivity index (χ1) is 11.1. The van der Waals surface area contributed by atoms with Gasteiger partial charge in [0, 0.05) is 16.5 Å². The van der Waals surface area contributed by atoms with Crippen LogP contribution in [0.15, 0.2) is 53.0 Å². The summed E-state index contributed by atoms with van der Waals surface area (Å²) < 4.78 is 6.71. The molecule has 118 valence electrons. The van der Waals surface area contributed by atoms with Crippen LogP contribution in [-0.2, 0) is 21.7 Å². The standard InChI is InChI=1S/C18H16BrNO3/c19-13-6-7-16-15(8-13)18(9-14(21)11-23-18)17(22)20(16)10-12-4-2-1-3-5-12/h1-8,14,21H,9-11H2/t14-,18+/m0/s1. The third kappa shape index (κ3) is 2.31. The average Bonchev–Trinajstić information content (AvgIpc) is 3.04. The molecule has 1 saturated heterocycles. The van der Waals surface area contributed by atoms with Gasteiger partial charge in [-0.1, -0.05) is 46.3 Å². The predicted octanol–water partition coefficient (Wildman–Crippen LogP) is 2.97. The molecule has 0 bridgehead atoms. The zero-order valence-electron chi connectivity index (χ0n) is 12.4. The van der Waals surface area contributed by atoms with Crippen molar-refractivity contribution in [3.8, 4) is 0 Å². The van der Waals surface area contributed by atoms with Gasteiger partial charge in [-0.2, -0.15) is 0 Å². The first-order valence-electron chi connectivity index (χ1n) is 7.58. The number of hydrogen-bond donors (Lipinski definition) is 1. The molecule has 2 aromatic carbocycles. The molecule has 1 spiro atoms. The van der Waals surface area contributed by atoms with Gasteiger partial charge >= 0.3 is 0 Å². The van der Waals surface area contributed by atoms with Crippen LogP contribution in [0.4, 0.5) is 5.69 Å². The number of carbonyl (C=O) groups is 1. The Morgan fingerprint density at radius 1 is 1.26 bits per heavy atom. The quantitative estimate of drug-likeness (QED) is 0.880. The molecule has 2 aliphatic rings. The van der Waals surface area contributed by atoms with E-state index >= 15 is 0 Å². The highest BCUT2D eigenvalue weighted by Gasteiger charge is 2.56. The molecule has 23 heavy (non-hydrogen) atoms. The van der Waals surface area contributed by atoms with E-state index in [2.05, 4.69) is 15.9 Å². The molecule has 0 unspecified atom stereocenters. The van der Waals surface area contributed by atoms with E-state index in [0.29, 0.717) is 13.0 Å². The maximum Gasteiger partial charge on any atom is 0.264 e. The van der Waals surface area contributed by atoms with E-state index in [1.54, 1.807) is 4.90 Å². The summed E-state index contributed by atoms with van der Waals surface area (Å²) in [5.74, 6) is -0.0917. The van der Waals surface area contributed by atoms with E-state index in [1.165, 1.54) is 0 Å². The largest absolute Gasteiger partial charge is 0.391 e. The van der Waals surface area contributed by atoms with Crippen LogP contribution >= 0.6 is 15.9 Å². The molecular formula is C18H16BrNO3. The zero-order valence-corrected chi connectivity index (χ0v) is 14.0. The van der Waals surface area contributed by atoms with Crippen LogP contribution in [0, 0.1) is 0 Å². The number of halogens is 1. The molecule has 0 aliphatic carbocycles. The summed E-state index contributed by atoms with van der Waals surface area (Å²) in [6.07, 6.45) is -0.303. The molecular weight excluding hydrogens is 358 g/mol. The van der Waals surface area contributed by atoms with Gasteiger partial charge in [-0.05, 0) is 23.8 Å². The molecule has 0 aromatic heterocycles. The van der Waals surface area contributed by atoms with E-state index < -0.39 is 11.7 Å². The summed E-state index contributed by atoms with van der Waals surface area (Å²) in [5.41, 5.74) is 1.71. The van der Waals surface area contributed by atoms with Crippen LogP contribution < -0.4 is 4.90 Å². The van der Waals surface area contributed by atoms with Crippen LogP contribution in [-0.4, -0.2) is 23.7 Å². The molecule has 4 nitrogen and oxygen atoms in total. The maximum atomic E-state index is 13.1. The van der Waals surface area contributed by atoms with Gasteiger partial charge in [0.2, 0.25) is 0 Å². The van der Waals surface area contributed by atoms with Gasteiger partial charge in [0.05, 0.1) is 24.9 Å². The van der Waals surface area contributed by atoms with Crippen molar-refractivity contribution in [3.05, 3.63) is 64.1 Å². The lowest BCUT2D eigenvalue weighted by Gasteiger charge is -2.23. The van der Waals surface area contributed by atoms with Crippen molar-refractivity contribution >= 4 is 27.5 Å². The molecule has 2 aliphatic heterocycles. The summed E-state index contributed by atoms with van der Waals surface area (Å²) >= 11 is 3.47. The van der Waals surface area contributed by atoms with Crippen molar-refractivity contribution in [2.24, 2.45) is 0 Å². The summed E-state index contributed by atoms with van der Waals surface area (Å²) in [7, 11) is 0. The number of fused-ring (bicyclic) bond motifs is 2. The molecule has 2 heterocycles. The topological polar surface area (TPSA) is 49.8 Å². The van der Waals surface area contributed by atoms with Gasteiger partial charge in [0.1, 0.15) is 0 Å². The van der Waals surface area contributed by atoms with Crippen molar-refractivity contribution in [1.29, 1.82) is 0 Å². The van der Waals surface area contributed by atoms with E-state index in [9.17, 15) is 9.90 Å². The van der Waals surface area contributed by atoms with E-state index in [4.69, 9.17) is 4.74 Å². The van der Waals surface area contributed by atoms with Gasteiger partial charge in [0.25, 0.3) is 5.91 Å². The van der Waals surface area contributed by atoms with Crippen molar-refractivity contribution in [2.45, 2.75) is 24.7 Å². The smallest absolute Gasteiger partial charge is 0.264 e. The normalized spacial score (nSPS) is 26.1. The first-order valence-corrected chi connectivity index (χ1v) is 8.37. The molecule has 5 heteroatoms. The fraction of sp³-hybridized carbons (Fsp3) is 0.278. The van der Waals surface area contributed by atoms with E-state index in [1.807, 2.05) is 48.5 Å². The summed E-state index contributed by atoms with van der Waals surface area (Å²) in [6, 6.07) is 15.7. The van der Waals surface area contributed by atoms with Gasteiger partial charge in [0.15, 0.2) is 5.60 Å². The number of aliphatic hydroxyl groups is 1. The van der Waals surface area contributed by atoms with Crippen LogP contribution in [0.1, 0.15) is 17.5 Å². The van der Waals surface area contributed by atoms with Gasteiger partial charge in [-0.3, -0.25) is 4.79 Å². The minimum atomic E-state index is -1.05. The molecule has 4 rings (SSSR count). The molecule has 0 radical (unpaired) electrons. The van der Waals surface area contributed by atoms with Crippen molar-refractivity contribution in [1.82, 2.24) is 0 Å². The lowest BCUT2D eigenvalue weighted by Crippen LogP contribution is -2.39. The van der Waals surface area contributed by atoms with Gasteiger partial charge < -0.3 is 14.7 Å². The summed E-state index contributed by atoms with van der Waals surface area (Å²) in [5, 5.41) is 9.94. The molecule has 1 N–H and O–H groups in total. The second-order valence-electron chi connectivity index (χ2n) is 6.03. The van der Waals surface area contributed by atoms with Crippen molar-refractivity contribution in [3.63, 3.8) is 0 Å². The van der Waals surface area contributed by atoms with Crippen molar-refractivity contribution in [2.75, 3.05) is 11.5 Å². The Bertz CT molecular complexity index is 764. The van der Waals surface area contributed by atoms with Crippen LogP contribution in [0.25, 0.3) is 0 Å². The van der Waals surface area contributed by atoms with E-state index in [0.717, 1.165) is 21.3 Å². The zero-order chi connectivity index (χ0) is 16.0. The Morgan fingerprint density at radius 2 is 2.04 bits per heavy atom. The highest BCUT2D eigenvalue weighted by atomic mass is 79.9. The number of ether oxygens (including phenoxy) is 1. The number of amides is 1. The molecule has 1 fully saturated rings. The third-order valence-corrected chi connectivity index (χ3v) is 5.00. The highest BCUT2D eigenvalue weighted by molar-refractivity contribution is 9.10. The summed E-state index contributed by atoms with van der Waals surface area (Å²) in [4.78, 5) is 14.9. The van der Waals surface area contributed by atoms with Crippen LogP contribution in [0.2, 0.25) is 0 Å². The number of benzene rings is 2. The summed E-state index contributed by atoms with van der Waals surface area (Å²) in [6.45, 7) is 0.687. The Kier molecular flexibility index (Phi) is 3.52. The SMILES string of the molecule is O=C1N(Cc2ccccc2)c2ccc(Br)cc2[C@]12C[C@H](O)CO2. The van der Waals surface area contributed by atoms with E-state index in [-0.39, 0.29) is 12.5 Å². The molecule has 1 amide bonds.